The molecule has 0 N–H and O–H groups in total. The summed E-state index contributed by atoms with van der Waals surface area (Å²) in [5.74, 6) is 1.23. The fourth-order valence-corrected chi connectivity index (χ4v) is 3.26. The maximum absolute atomic E-state index is 12.6. The van der Waals surface area contributed by atoms with Gasteiger partial charge in [-0.1, -0.05) is 5.16 Å². The molecule has 0 aliphatic carbocycles. The van der Waals surface area contributed by atoms with Crippen molar-refractivity contribution < 1.29 is 14.1 Å². The van der Waals surface area contributed by atoms with Crippen LogP contribution in [0.5, 0.6) is 0 Å². The Morgan fingerprint density at radius 3 is 2.62 bits per heavy atom. The highest BCUT2D eigenvalue weighted by Gasteiger charge is 2.31. The van der Waals surface area contributed by atoms with Crippen molar-refractivity contribution >= 4 is 11.7 Å². The number of aromatic nitrogens is 4. The van der Waals surface area contributed by atoms with E-state index >= 15 is 0 Å². The zero-order valence-electron chi connectivity index (χ0n) is 14.4. The highest BCUT2D eigenvalue weighted by atomic mass is 16.5. The Kier molecular flexibility index (Phi) is 4.21. The average Bonchev–Trinajstić information content (AvgIpc) is 3.19. The van der Waals surface area contributed by atoms with Crippen molar-refractivity contribution in [1.82, 2.24) is 24.8 Å². The van der Waals surface area contributed by atoms with Crippen LogP contribution < -0.4 is 0 Å². The van der Waals surface area contributed by atoms with E-state index in [1.807, 2.05) is 6.92 Å². The Balaban J connectivity index is 1.68. The Hall–Kier alpha value is -2.51. The number of hydrogen-bond donors (Lipinski definition) is 0. The fraction of sp³-hybridized carbons (Fsp3) is 0.562. The number of rotatable bonds is 4. The van der Waals surface area contributed by atoms with Crippen LogP contribution in [0.25, 0.3) is 0 Å². The summed E-state index contributed by atoms with van der Waals surface area (Å²) in [4.78, 5) is 30.3. The predicted molar refractivity (Wildman–Crippen MR) is 84.7 cm³/mol. The van der Waals surface area contributed by atoms with E-state index in [4.69, 9.17) is 4.52 Å². The highest BCUT2D eigenvalue weighted by molar-refractivity contribution is 5.96. The second-order valence-corrected chi connectivity index (χ2v) is 6.26. The molecule has 24 heavy (non-hydrogen) atoms. The summed E-state index contributed by atoms with van der Waals surface area (Å²) in [6.45, 7) is 8.26. The topological polar surface area (TPSA) is 94.1 Å². The first-order valence-electron chi connectivity index (χ1n) is 7.99. The summed E-state index contributed by atoms with van der Waals surface area (Å²) in [5.41, 5.74) is 1.99. The largest absolute Gasteiger partial charge is 0.340 e. The van der Waals surface area contributed by atoms with Gasteiger partial charge in [0.1, 0.15) is 6.54 Å². The van der Waals surface area contributed by atoms with E-state index in [1.54, 1.807) is 23.4 Å². The van der Waals surface area contributed by atoms with E-state index in [0.717, 1.165) is 12.1 Å². The zero-order chi connectivity index (χ0) is 17.4. The summed E-state index contributed by atoms with van der Waals surface area (Å²) in [5, 5.41) is 8.13. The van der Waals surface area contributed by atoms with Crippen molar-refractivity contribution in [2.24, 2.45) is 0 Å². The highest BCUT2D eigenvalue weighted by Crippen LogP contribution is 2.26. The van der Waals surface area contributed by atoms with E-state index < -0.39 is 0 Å². The molecule has 1 aliphatic rings. The number of hydrogen-bond acceptors (Lipinski definition) is 6. The van der Waals surface area contributed by atoms with E-state index in [0.29, 0.717) is 36.1 Å². The van der Waals surface area contributed by atoms with Crippen LogP contribution in [0.1, 0.15) is 52.7 Å². The molecule has 2 aromatic heterocycles. The van der Waals surface area contributed by atoms with Gasteiger partial charge in [-0.25, -0.2) is 0 Å². The van der Waals surface area contributed by atoms with E-state index in [1.165, 1.54) is 6.92 Å². The van der Waals surface area contributed by atoms with Gasteiger partial charge in [-0.2, -0.15) is 10.1 Å². The number of carbonyl (C=O) groups is 2. The third-order valence-corrected chi connectivity index (χ3v) is 4.45. The molecular formula is C16H21N5O3. The number of nitrogens with zero attached hydrogens (tertiary/aromatic N) is 5. The quantitative estimate of drug-likeness (QED) is 0.786. The predicted octanol–water partition coefficient (Wildman–Crippen LogP) is 1.41. The molecule has 1 saturated heterocycles. The van der Waals surface area contributed by atoms with Gasteiger partial charge in [-0.3, -0.25) is 14.3 Å². The minimum Gasteiger partial charge on any atom is -0.340 e. The smallest absolute Gasteiger partial charge is 0.244 e. The van der Waals surface area contributed by atoms with Gasteiger partial charge >= 0.3 is 0 Å². The summed E-state index contributed by atoms with van der Waals surface area (Å²) in [6.07, 6.45) is 0.809. The van der Waals surface area contributed by atoms with Crippen molar-refractivity contribution in [2.75, 3.05) is 13.1 Å². The molecule has 128 valence electrons. The lowest BCUT2D eigenvalue weighted by molar-refractivity contribution is -0.131. The molecule has 3 heterocycles. The third-order valence-electron chi connectivity index (χ3n) is 4.45. The lowest BCUT2D eigenvalue weighted by atomic mass is 10.1. The van der Waals surface area contributed by atoms with Crippen LogP contribution in [0.2, 0.25) is 0 Å². The molecule has 8 heteroatoms. The Morgan fingerprint density at radius 1 is 1.29 bits per heavy atom. The van der Waals surface area contributed by atoms with Crippen LogP contribution in [-0.2, 0) is 11.3 Å². The first kappa shape index (κ1) is 16.4. The van der Waals surface area contributed by atoms with Crippen molar-refractivity contribution in [2.45, 2.75) is 46.6 Å². The summed E-state index contributed by atoms with van der Waals surface area (Å²) < 4.78 is 6.81. The Labute approximate surface area is 139 Å². The summed E-state index contributed by atoms with van der Waals surface area (Å²) in [7, 11) is 0. The number of ketones is 1. The molecule has 0 bridgehead atoms. The molecule has 0 aromatic carbocycles. The molecule has 1 aliphatic heterocycles. The molecule has 3 rings (SSSR count). The molecule has 0 spiro atoms. The van der Waals surface area contributed by atoms with Crippen LogP contribution in [-0.4, -0.2) is 49.6 Å². The molecule has 1 amide bonds. The SMILES string of the molecule is CC(=O)c1c(C)nn(CC(=O)N2CC[C@H](c3nc(C)no3)C2)c1C. The monoisotopic (exact) mass is 331 g/mol. The number of aryl methyl sites for hydroxylation is 2. The number of amides is 1. The normalized spacial score (nSPS) is 17.5. The van der Waals surface area contributed by atoms with Gasteiger partial charge in [0.25, 0.3) is 0 Å². The van der Waals surface area contributed by atoms with Gasteiger partial charge < -0.3 is 9.42 Å². The Morgan fingerprint density at radius 2 is 2.04 bits per heavy atom. The van der Waals surface area contributed by atoms with Crippen LogP contribution in [0.15, 0.2) is 4.52 Å². The van der Waals surface area contributed by atoms with Gasteiger partial charge in [0.15, 0.2) is 11.6 Å². The van der Waals surface area contributed by atoms with E-state index in [-0.39, 0.29) is 24.2 Å². The van der Waals surface area contributed by atoms with Gasteiger partial charge in [0, 0.05) is 18.8 Å². The van der Waals surface area contributed by atoms with Crippen LogP contribution >= 0.6 is 0 Å². The summed E-state index contributed by atoms with van der Waals surface area (Å²) >= 11 is 0. The molecule has 0 unspecified atom stereocenters. The molecule has 0 radical (unpaired) electrons. The van der Waals surface area contributed by atoms with Crippen molar-refractivity contribution in [3.63, 3.8) is 0 Å². The maximum atomic E-state index is 12.6. The lowest BCUT2D eigenvalue weighted by Gasteiger charge is -2.16. The maximum Gasteiger partial charge on any atom is 0.244 e. The van der Waals surface area contributed by atoms with Gasteiger partial charge in [0.2, 0.25) is 11.8 Å². The minimum absolute atomic E-state index is 0.0190. The molecule has 8 nitrogen and oxygen atoms in total. The standard InChI is InChI=1S/C16H21N5O3/c1-9-15(11(3)22)10(2)21(18-9)8-14(23)20-6-5-13(7-20)16-17-12(4)19-24-16/h13H,5-8H2,1-4H3/t13-/m0/s1. The average molecular weight is 331 g/mol. The van der Waals surface area contributed by atoms with E-state index in [9.17, 15) is 9.59 Å². The molecule has 1 atom stereocenters. The molecular weight excluding hydrogens is 310 g/mol. The first-order valence-corrected chi connectivity index (χ1v) is 7.99. The number of Topliss-reactive ketones (excluding diaryl/α,β-unsaturated/α-hetero) is 1. The lowest BCUT2D eigenvalue weighted by Crippen LogP contribution is -2.32. The first-order chi connectivity index (χ1) is 11.4. The van der Waals surface area contributed by atoms with Crippen LogP contribution in [0.3, 0.4) is 0 Å². The van der Waals surface area contributed by atoms with Crippen LogP contribution in [0, 0.1) is 20.8 Å². The van der Waals surface area contributed by atoms with Crippen molar-refractivity contribution in [3.8, 4) is 0 Å². The van der Waals surface area contributed by atoms with Crippen molar-refractivity contribution in [3.05, 3.63) is 28.7 Å². The number of likely N-dealkylation sites (tertiary alicyclic amines) is 1. The van der Waals surface area contributed by atoms with Gasteiger partial charge in [-0.05, 0) is 34.1 Å². The summed E-state index contributed by atoms with van der Waals surface area (Å²) in [6, 6.07) is 0. The fourth-order valence-electron chi connectivity index (χ4n) is 3.26. The van der Waals surface area contributed by atoms with Gasteiger partial charge in [-0.15, -0.1) is 0 Å². The molecule has 1 fully saturated rings. The number of carbonyl (C=O) groups excluding carboxylic acids is 2. The van der Waals surface area contributed by atoms with Gasteiger partial charge in [0.05, 0.1) is 17.2 Å². The van der Waals surface area contributed by atoms with Crippen LogP contribution in [0.4, 0.5) is 0 Å². The second kappa shape index (κ2) is 6.18. The van der Waals surface area contributed by atoms with E-state index in [2.05, 4.69) is 15.2 Å². The second-order valence-electron chi connectivity index (χ2n) is 6.26. The Bertz CT molecular complexity index is 792. The third kappa shape index (κ3) is 2.95. The molecule has 0 saturated carbocycles. The van der Waals surface area contributed by atoms with Crippen molar-refractivity contribution in [1.29, 1.82) is 0 Å². The zero-order valence-corrected chi connectivity index (χ0v) is 14.4. The minimum atomic E-state index is -0.0308. The molecule has 2 aromatic rings.